The van der Waals surface area contributed by atoms with Crippen LogP contribution in [-0.4, -0.2) is 59.1 Å². The molecule has 0 amide bonds. The molecule has 0 radical (unpaired) electrons. The van der Waals surface area contributed by atoms with Gasteiger partial charge in [0.25, 0.3) is 11.9 Å². The number of aryl methyl sites for hydroxylation is 2. The Morgan fingerprint density at radius 1 is 0.588 bits per heavy atom. The average molecular weight is 490 g/mol. The molecule has 0 aliphatic rings. The predicted octanol–water partition coefficient (Wildman–Crippen LogP) is -1.76. The number of azo groups is 1. The number of hydrogen-bond donors (Lipinski definition) is 0. The van der Waals surface area contributed by atoms with Crippen molar-refractivity contribution in [2.75, 3.05) is 0 Å². The molecule has 0 atom stereocenters. The van der Waals surface area contributed by atoms with Crippen LogP contribution in [0.5, 0.6) is 0 Å². The van der Waals surface area contributed by atoms with Crippen LogP contribution in [0.1, 0.15) is 11.6 Å². The van der Waals surface area contributed by atoms with E-state index in [0.717, 1.165) is 14.1 Å². The zero-order valence-corrected chi connectivity index (χ0v) is 16.2. The largest absolute Gasteiger partial charge is 0.762 e. The van der Waals surface area contributed by atoms with E-state index < -0.39 is 64.7 Å². The van der Waals surface area contributed by atoms with Gasteiger partial charge in [0.1, 0.15) is 0 Å². The van der Waals surface area contributed by atoms with Crippen molar-refractivity contribution < 1.29 is 29.5 Å². The van der Waals surface area contributed by atoms with Crippen LogP contribution < -0.4 is 0 Å². The molecule has 34 heavy (non-hydrogen) atoms. The Bertz CT molecular complexity index is 1110. The fourth-order valence-electron chi connectivity index (χ4n) is 2.39. The molecule has 0 aliphatic heterocycles. The second-order valence-electron chi connectivity index (χ2n) is 5.73. The van der Waals surface area contributed by atoms with Crippen LogP contribution in [0.2, 0.25) is 0 Å². The molecule has 2 aromatic rings. The highest BCUT2D eigenvalue weighted by Gasteiger charge is 2.77. The van der Waals surface area contributed by atoms with Crippen molar-refractivity contribution in [3.05, 3.63) is 72.3 Å². The summed E-state index contributed by atoms with van der Waals surface area (Å²) < 4.78 is 0.550. The maximum Gasteiger partial charge on any atom is 0.762 e. The number of nitro groups is 6. The fourth-order valence-corrected chi connectivity index (χ4v) is 2.39. The molecule has 2 aromatic heterocycles. The minimum absolute atomic E-state index is 0.275. The third kappa shape index (κ3) is 3.31. The van der Waals surface area contributed by atoms with E-state index in [1.165, 1.54) is 0 Å². The first-order chi connectivity index (χ1) is 15.6. The van der Waals surface area contributed by atoms with Crippen LogP contribution in [0.25, 0.3) is 0 Å². The van der Waals surface area contributed by atoms with E-state index in [-0.39, 0.29) is 9.36 Å². The molecule has 0 bridgehead atoms. The normalized spacial score (nSPS) is 11.9. The molecule has 0 spiro atoms. The Kier molecular flexibility index (Phi) is 5.84. The van der Waals surface area contributed by atoms with Gasteiger partial charge in [0.05, 0.1) is 0 Å². The summed E-state index contributed by atoms with van der Waals surface area (Å²) in [5.74, 6) is -13.1. The smallest absolute Gasteiger partial charge is 0.252 e. The summed E-state index contributed by atoms with van der Waals surface area (Å²) in [4.78, 5) is 62.2. The summed E-state index contributed by atoms with van der Waals surface area (Å²) in [6.45, 7) is 0. The molecule has 0 unspecified atom stereocenters. The molecule has 180 valence electrons. The molecule has 26 heteroatoms. The molecule has 0 saturated heterocycles. The topological polar surface area (TPSA) is 345 Å². The van der Waals surface area contributed by atoms with E-state index >= 15 is 0 Å². The zero-order chi connectivity index (χ0) is 26.2. The van der Waals surface area contributed by atoms with Gasteiger partial charge in [-0.3, -0.25) is 60.7 Å². The summed E-state index contributed by atoms with van der Waals surface area (Å²) in [7, 11) is 1.62. The molecule has 26 nitrogen and oxygen atoms in total. The first-order valence-electron chi connectivity index (χ1n) is 7.76. The van der Waals surface area contributed by atoms with Crippen LogP contribution in [0.4, 0.5) is 11.9 Å². The Morgan fingerprint density at radius 2 is 0.824 bits per heavy atom. The maximum atomic E-state index is 11.1. The van der Waals surface area contributed by atoms with Gasteiger partial charge in [-0.25, -0.2) is 9.36 Å². The highest BCUT2D eigenvalue weighted by Crippen LogP contribution is 2.28. The van der Waals surface area contributed by atoms with Gasteiger partial charge in [0, 0.05) is 14.1 Å². The monoisotopic (exact) mass is 490 g/mol. The molecular formula is C8H6N14O12. The van der Waals surface area contributed by atoms with Gasteiger partial charge in [0.2, 0.25) is 0 Å². The molecule has 0 aromatic carbocycles. The number of aromatic nitrogens is 6. The second kappa shape index (κ2) is 8.08. The highest BCUT2D eigenvalue weighted by atomic mass is 16.7. The van der Waals surface area contributed by atoms with Crippen LogP contribution >= 0.6 is 0 Å². The highest BCUT2D eigenvalue weighted by molar-refractivity contribution is 5.18. The fraction of sp³-hybridized carbons (Fsp3) is 0.500. The third-order valence-corrected chi connectivity index (χ3v) is 3.86. The van der Waals surface area contributed by atoms with Crippen molar-refractivity contribution in [1.82, 2.24) is 29.5 Å². The summed E-state index contributed by atoms with van der Waals surface area (Å²) >= 11 is 0. The SMILES string of the molecule is Cn1nc(/N=N/c2nc(C([N+](=O)[O-])([N+](=O)[O-])[N+](=O)[O-])n(C)n2)nc1C([N+](=O)[O-])([N+](=O)[O-])[N+](=O)[O-]. The lowest BCUT2D eigenvalue weighted by Gasteiger charge is -2.06. The maximum absolute atomic E-state index is 11.1. The van der Waals surface area contributed by atoms with Crippen molar-refractivity contribution in [3.8, 4) is 0 Å². The summed E-state index contributed by atoms with van der Waals surface area (Å²) in [6, 6.07) is 0. The lowest BCUT2D eigenvalue weighted by Crippen LogP contribution is -2.51. The zero-order valence-electron chi connectivity index (χ0n) is 16.2. The number of nitrogens with zero attached hydrogens (tertiary/aromatic N) is 14. The third-order valence-electron chi connectivity index (χ3n) is 3.86. The van der Waals surface area contributed by atoms with Crippen molar-refractivity contribution in [3.63, 3.8) is 0 Å². The predicted molar refractivity (Wildman–Crippen MR) is 91.5 cm³/mol. The standard InChI is InChI=1S/C8H6N14O12/c1-15-3(7(17(23)24,18(25)26)19(27)28)9-5(13-15)11-12-6-10-4(16(2)14-6)8(20(29)30,21(31)32)22(33)34/h1-2H3/b12-11+. The van der Waals surface area contributed by atoms with Gasteiger partial charge in [0.15, 0.2) is 29.5 Å². The Labute approximate surface area is 180 Å². The van der Waals surface area contributed by atoms with Gasteiger partial charge < -0.3 is 0 Å². The molecule has 0 fully saturated rings. The van der Waals surface area contributed by atoms with Gasteiger partial charge in [-0.15, -0.1) is 20.4 Å². The van der Waals surface area contributed by atoms with E-state index in [0.29, 0.717) is 0 Å². The first kappa shape index (κ1) is 24.5. The average Bonchev–Trinajstić information content (AvgIpc) is 3.22. The van der Waals surface area contributed by atoms with E-state index in [2.05, 4.69) is 30.4 Å². The quantitative estimate of drug-likeness (QED) is 0.154. The summed E-state index contributed by atoms with van der Waals surface area (Å²) in [6.07, 6.45) is 0. The van der Waals surface area contributed by atoms with Crippen molar-refractivity contribution in [2.24, 2.45) is 24.3 Å². The molecule has 2 rings (SSSR count). The van der Waals surface area contributed by atoms with E-state index in [9.17, 15) is 60.7 Å². The van der Waals surface area contributed by atoms with Crippen molar-refractivity contribution in [1.29, 1.82) is 0 Å². The van der Waals surface area contributed by atoms with E-state index in [1.54, 1.807) is 0 Å². The van der Waals surface area contributed by atoms with Gasteiger partial charge >= 0.3 is 23.2 Å². The first-order valence-corrected chi connectivity index (χ1v) is 7.76. The minimum Gasteiger partial charge on any atom is -0.252 e. The summed E-state index contributed by atoms with van der Waals surface area (Å²) in [5, 5.41) is 79.9. The molecule has 2 heterocycles. The number of hydrogen-bond acceptors (Lipinski definition) is 18. The second-order valence-corrected chi connectivity index (χ2v) is 5.73. The van der Waals surface area contributed by atoms with Crippen molar-refractivity contribution in [2.45, 2.75) is 11.6 Å². The van der Waals surface area contributed by atoms with Crippen LogP contribution in [0.15, 0.2) is 10.2 Å². The van der Waals surface area contributed by atoms with Gasteiger partial charge in [-0.1, -0.05) is 0 Å². The Morgan fingerprint density at radius 3 is 1.03 bits per heavy atom. The van der Waals surface area contributed by atoms with E-state index in [1.807, 2.05) is 0 Å². The molecule has 0 N–H and O–H groups in total. The van der Waals surface area contributed by atoms with Gasteiger partial charge in [-0.05, 0) is 0 Å². The molecule has 0 aliphatic carbocycles. The minimum atomic E-state index is -4.17. The van der Waals surface area contributed by atoms with Crippen molar-refractivity contribution >= 4 is 11.9 Å². The molecule has 0 saturated carbocycles. The molecular weight excluding hydrogens is 484 g/mol. The lowest BCUT2D eigenvalue weighted by atomic mass is 10.3. The van der Waals surface area contributed by atoms with E-state index in [4.69, 9.17) is 0 Å². The number of rotatable bonds is 10. The Hall–Kier alpha value is -5.72. The lowest BCUT2D eigenvalue weighted by molar-refractivity contribution is -0.988. The van der Waals surface area contributed by atoms with Crippen LogP contribution in [-0.2, 0) is 25.7 Å². The van der Waals surface area contributed by atoms with Gasteiger partial charge in [-0.2, -0.15) is 9.97 Å². The Balaban J connectivity index is 2.58. The van der Waals surface area contributed by atoms with Crippen LogP contribution in [0.3, 0.4) is 0 Å². The van der Waals surface area contributed by atoms with Crippen LogP contribution in [0, 0.1) is 60.7 Å². The summed E-state index contributed by atoms with van der Waals surface area (Å²) in [5.41, 5.74) is 0.